The van der Waals surface area contributed by atoms with Crippen molar-refractivity contribution in [3.63, 3.8) is 0 Å². The highest BCUT2D eigenvalue weighted by atomic mass is 32.2. The van der Waals surface area contributed by atoms with Gasteiger partial charge in [0, 0.05) is 16.6 Å². The second kappa shape index (κ2) is 7.39. The van der Waals surface area contributed by atoms with Crippen molar-refractivity contribution in [3.8, 4) is 0 Å². The van der Waals surface area contributed by atoms with Crippen LogP contribution in [-0.4, -0.2) is 12.3 Å². The second-order valence-corrected chi connectivity index (χ2v) is 6.12. The first kappa shape index (κ1) is 15.0. The molecule has 1 unspecified atom stereocenters. The summed E-state index contributed by atoms with van der Waals surface area (Å²) >= 11 is 1.79. The molecule has 0 bridgehead atoms. The summed E-state index contributed by atoms with van der Waals surface area (Å²) < 4.78 is 0. The van der Waals surface area contributed by atoms with Crippen LogP contribution in [0.2, 0.25) is 0 Å². The van der Waals surface area contributed by atoms with Gasteiger partial charge in [0.15, 0.2) is 0 Å². The third-order valence-electron chi connectivity index (χ3n) is 3.46. The number of para-hydroxylation sites is 1. The van der Waals surface area contributed by atoms with Gasteiger partial charge in [-0.25, -0.2) is 0 Å². The number of hydrogen-bond acceptors (Lipinski definition) is 2. The Morgan fingerprint density at radius 3 is 2.65 bits per heavy atom. The third kappa shape index (κ3) is 4.31. The quantitative estimate of drug-likeness (QED) is 0.737. The summed E-state index contributed by atoms with van der Waals surface area (Å²) in [4.78, 5) is 1.31. The summed E-state index contributed by atoms with van der Waals surface area (Å²) in [7, 11) is 0. The van der Waals surface area contributed by atoms with Crippen molar-refractivity contribution >= 4 is 17.4 Å². The predicted octanol–water partition coefficient (Wildman–Crippen LogP) is 5.15. The molecule has 0 aliphatic rings. The monoisotopic (exact) mass is 285 g/mol. The Bertz CT molecular complexity index is 551. The molecule has 0 saturated carbocycles. The average Bonchev–Trinajstić information content (AvgIpc) is 2.46. The van der Waals surface area contributed by atoms with Crippen LogP contribution in [0, 0.1) is 6.92 Å². The molecule has 0 aromatic heterocycles. The van der Waals surface area contributed by atoms with Crippen molar-refractivity contribution in [3.05, 3.63) is 59.7 Å². The van der Waals surface area contributed by atoms with Gasteiger partial charge in [0.05, 0.1) is 0 Å². The standard InChI is InChI=1S/C18H23NS/c1-14-7-6-8-16(13-14)12-11-15(2)19-17-9-4-5-10-18(17)20-3/h4-10,13,15,19H,11-12H2,1-3H3. The minimum absolute atomic E-state index is 0.476. The molecule has 0 saturated heterocycles. The van der Waals surface area contributed by atoms with Crippen LogP contribution in [0.4, 0.5) is 5.69 Å². The lowest BCUT2D eigenvalue weighted by Crippen LogP contribution is -2.16. The van der Waals surface area contributed by atoms with Gasteiger partial charge < -0.3 is 5.32 Å². The van der Waals surface area contributed by atoms with Crippen LogP contribution in [0.5, 0.6) is 0 Å². The highest BCUT2D eigenvalue weighted by Crippen LogP contribution is 2.25. The summed E-state index contributed by atoms with van der Waals surface area (Å²) in [6, 6.07) is 17.8. The largest absolute Gasteiger partial charge is 0.382 e. The van der Waals surface area contributed by atoms with Crippen LogP contribution >= 0.6 is 11.8 Å². The van der Waals surface area contributed by atoms with Crippen molar-refractivity contribution < 1.29 is 0 Å². The van der Waals surface area contributed by atoms with Crippen LogP contribution < -0.4 is 5.32 Å². The van der Waals surface area contributed by atoms with Crippen molar-refractivity contribution in [2.75, 3.05) is 11.6 Å². The van der Waals surface area contributed by atoms with Crippen molar-refractivity contribution in [1.29, 1.82) is 0 Å². The summed E-state index contributed by atoms with van der Waals surface area (Å²) in [5.74, 6) is 0. The van der Waals surface area contributed by atoms with E-state index in [0.717, 1.165) is 12.8 Å². The number of nitrogens with one attached hydrogen (secondary N) is 1. The van der Waals surface area contributed by atoms with Gasteiger partial charge in [0.25, 0.3) is 0 Å². The molecule has 1 atom stereocenters. The number of aryl methyl sites for hydroxylation is 2. The number of thioether (sulfide) groups is 1. The van der Waals surface area contributed by atoms with Crippen LogP contribution in [0.25, 0.3) is 0 Å². The Morgan fingerprint density at radius 1 is 1.10 bits per heavy atom. The van der Waals surface area contributed by atoms with Gasteiger partial charge in [-0.1, -0.05) is 42.0 Å². The Labute approximate surface area is 126 Å². The lowest BCUT2D eigenvalue weighted by Gasteiger charge is -2.17. The lowest BCUT2D eigenvalue weighted by molar-refractivity contribution is 0.704. The number of anilines is 1. The molecule has 106 valence electrons. The molecule has 2 heteroatoms. The van der Waals surface area contributed by atoms with E-state index in [4.69, 9.17) is 0 Å². The minimum atomic E-state index is 0.476. The fourth-order valence-electron chi connectivity index (χ4n) is 2.35. The molecule has 2 rings (SSSR count). The number of rotatable bonds is 6. The van der Waals surface area contributed by atoms with E-state index in [1.165, 1.54) is 21.7 Å². The molecule has 2 aromatic carbocycles. The van der Waals surface area contributed by atoms with E-state index in [2.05, 4.69) is 74.0 Å². The lowest BCUT2D eigenvalue weighted by atomic mass is 10.0. The number of benzene rings is 2. The summed E-state index contributed by atoms with van der Waals surface area (Å²) in [6.07, 6.45) is 4.39. The van der Waals surface area contributed by atoms with E-state index in [9.17, 15) is 0 Å². The van der Waals surface area contributed by atoms with Crippen LogP contribution in [0.3, 0.4) is 0 Å². The minimum Gasteiger partial charge on any atom is -0.382 e. The summed E-state index contributed by atoms with van der Waals surface area (Å²) in [5.41, 5.74) is 4.02. The first-order chi connectivity index (χ1) is 9.69. The van der Waals surface area contributed by atoms with Gasteiger partial charge in [-0.05, 0) is 50.6 Å². The Kier molecular flexibility index (Phi) is 5.54. The molecule has 1 N–H and O–H groups in total. The van der Waals surface area contributed by atoms with Crippen molar-refractivity contribution in [2.45, 2.75) is 37.6 Å². The van der Waals surface area contributed by atoms with E-state index >= 15 is 0 Å². The molecule has 0 spiro atoms. The van der Waals surface area contributed by atoms with E-state index in [1.807, 2.05) is 0 Å². The highest BCUT2D eigenvalue weighted by molar-refractivity contribution is 7.98. The van der Waals surface area contributed by atoms with Crippen molar-refractivity contribution in [1.82, 2.24) is 0 Å². The third-order valence-corrected chi connectivity index (χ3v) is 4.25. The fourth-order valence-corrected chi connectivity index (χ4v) is 2.91. The maximum atomic E-state index is 3.63. The average molecular weight is 285 g/mol. The summed E-state index contributed by atoms with van der Waals surface area (Å²) in [5, 5.41) is 3.63. The first-order valence-electron chi connectivity index (χ1n) is 7.14. The first-order valence-corrected chi connectivity index (χ1v) is 8.36. The van der Waals surface area contributed by atoms with Crippen LogP contribution in [0.15, 0.2) is 53.4 Å². The molecule has 0 heterocycles. The van der Waals surface area contributed by atoms with Crippen LogP contribution in [-0.2, 0) is 6.42 Å². The molecule has 20 heavy (non-hydrogen) atoms. The molecule has 0 aliphatic carbocycles. The van der Waals surface area contributed by atoms with Gasteiger partial charge in [0.2, 0.25) is 0 Å². The Hall–Kier alpha value is -1.41. The zero-order valence-electron chi connectivity index (χ0n) is 12.5. The molecular weight excluding hydrogens is 262 g/mol. The Balaban J connectivity index is 1.91. The zero-order valence-corrected chi connectivity index (χ0v) is 13.3. The molecule has 2 aromatic rings. The molecule has 0 radical (unpaired) electrons. The SMILES string of the molecule is CSc1ccccc1NC(C)CCc1cccc(C)c1. The fraction of sp³-hybridized carbons (Fsp3) is 0.333. The van der Waals surface area contributed by atoms with Gasteiger partial charge in [-0.3, -0.25) is 0 Å². The van der Waals surface area contributed by atoms with Crippen molar-refractivity contribution in [2.24, 2.45) is 0 Å². The smallest absolute Gasteiger partial charge is 0.0480 e. The number of hydrogen-bond donors (Lipinski definition) is 1. The van der Waals surface area contributed by atoms with Gasteiger partial charge >= 0.3 is 0 Å². The van der Waals surface area contributed by atoms with Gasteiger partial charge in [0.1, 0.15) is 0 Å². The predicted molar refractivity (Wildman–Crippen MR) is 90.8 cm³/mol. The van der Waals surface area contributed by atoms with Crippen LogP contribution in [0.1, 0.15) is 24.5 Å². The van der Waals surface area contributed by atoms with E-state index in [-0.39, 0.29) is 0 Å². The van der Waals surface area contributed by atoms with Gasteiger partial charge in [-0.2, -0.15) is 0 Å². The maximum Gasteiger partial charge on any atom is 0.0480 e. The van der Waals surface area contributed by atoms with E-state index < -0.39 is 0 Å². The van der Waals surface area contributed by atoms with E-state index in [1.54, 1.807) is 11.8 Å². The highest BCUT2D eigenvalue weighted by Gasteiger charge is 2.06. The maximum absolute atomic E-state index is 3.63. The van der Waals surface area contributed by atoms with E-state index in [0.29, 0.717) is 6.04 Å². The topological polar surface area (TPSA) is 12.0 Å². The Morgan fingerprint density at radius 2 is 1.90 bits per heavy atom. The molecule has 1 nitrogen and oxygen atoms in total. The van der Waals surface area contributed by atoms with Gasteiger partial charge in [-0.15, -0.1) is 11.8 Å². The molecule has 0 amide bonds. The molecular formula is C18H23NS. The molecule has 0 aliphatic heterocycles. The second-order valence-electron chi connectivity index (χ2n) is 5.27. The molecule has 0 fully saturated rings. The zero-order chi connectivity index (χ0) is 14.4. The summed E-state index contributed by atoms with van der Waals surface area (Å²) in [6.45, 7) is 4.41. The normalized spacial score (nSPS) is 12.2.